The Hall–Kier alpha value is -4.29. The molecule has 3 heterocycles. The van der Waals surface area contributed by atoms with Crippen LogP contribution in [0.5, 0.6) is 5.75 Å². The third kappa shape index (κ3) is 4.72. The Morgan fingerprint density at radius 1 is 1.21 bits per heavy atom. The number of imidazole rings is 1. The molecule has 172 valence electrons. The second kappa shape index (κ2) is 9.68. The fourth-order valence-corrected chi connectivity index (χ4v) is 3.43. The van der Waals surface area contributed by atoms with E-state index < -0.39 is 5.91 Å². The molecule has 4 aromatic rings. The third-order valence-electron chi connectivity index (χ3n) is 5.19. The Morgan fingerprint density at radius 2 is 1.97 bits per heavy atom. The van der Waals surface area contributed by atoms with Crippen molar-refractivity contribution in [3.05, 3.63) is 83.1 Å². The van der Waals surface area contributed by atoms with Gasteiger partial charge in [0.25, 0.3) is 5.91 Å². The number of benzene rings is 1. The number of aryl methyl sites for hydroxylation is 1. The van der Waals surface area contributed by atoms with Crippen LogP contribution in [-0.2, 0) is 18.2 Å². The number of amides is 1. The van der Waals surface area contributed by atoms with Crippen molar-refractivity contribution in [1.82, 2.24) is 24.4 Å². The summed E-state index contributed by atoms with van der Waals surface area (Å²) in [6, 6.07) is 8.02. The summed E-state index contributed by atoms with van der Waals surface area (Å²) in [6.45, 7) is 0.0259. The standard InChI is InChI=1S/C25H22FN5O3/c1-30-14-27-13-19(30)8-9-21-20-11-17(10-16-4-6-18(26)7-5-16)12-28-22(20)24(32)23(29-21)25(33)31(2)15-34-3/h4-7,11-14,32H,10,15H2,1-3H3. The van der Waals surface area contributed by atoms with Crippen LogP contribution in [0, 0.1) is 17.7 Å². The van der Waals surface area contributed by atoms with Crippen LogP contribution in [0.2, 0.25) is 0 Å². The van der Waals surface area contributed by atoms with Gasteiger partial charge in [-0.15, -0.1) is 0 Å². The molecule has 0 spiro atoms. The first-order chi connectivity index (χ1) is 16.4. The monoisotopic (exact) mass is 459 g/mol. The summed E-state index contributed by atoms with van der Waals surface area (Å²) in [5.41, 5.74) is 2.70. The molecule has 34 heavy (non-hydrogen) atoms. The first kappa shape index (κ1) is 22.9. The van der Waals surface area contributed by atoms with Gasteiger partial charge in [0.05, 0.1) is 12.5 Å². The maximum absolute atomic E-state index is 13.3. The summed E-state index contributed by atoms with van der Waals surface area (Å²) in [5, 5.41) is 11.3. The predicted octanol–water partition coefficient (Wildman–Crippen LogP) is 2.87. The molecular weight excluding hydrogens is 437 g/mol. The highest BCUT2D eigenvalue weighted by atomic mass is 19.1. The molecular formula is C25H22FN5O3. The maximum Gasteiger partial charge on any atom is 0.278 e. The number of hydrogen-bond acceptors (Lipinski definition) is 6. The first-order valence-corrected chi connectivity index (χ1v) is 10.4. The van der Waals surface area contributed by atoms with Crippen LogP contribution >= 0.6 is 0 Å². The van der Waals surface area contributed by atoms with Crippen molar-refractivity contribution in [2.75, 3.05) is 20.9 Å². The SMILES string of the molecule is COCN(C)C(=O)c1nc(C#Cc2cncn2C)c2cc(Cc3ccc(F)cc3)cnc2c1O. The van der Waals surface area contributed by atoms with Crippen molar-refractivity contribution in [3.63, 3.8) is 0 Å². The molecule has 8 nitrogen and oxygen atoms in total. The van der Waals surface area contributed by atoms with E-state index in [1.165, 1.54) is 31.2 Å². The topological polar surface area (TPSA) is 93.4 Å². The molecule has 0 fully saturated rings. The second-order valence-corrected chi connectivity index (χ2v) is 7.76. The number of carbonyl (C=O) groups is 1. The third-order valence-corrected chi connectivity index (χ3v) is 5.19. The molecule has 1 amide bonds. The van der Waals surface area contributed by atoms with E-state index in [2.05, 4.69) is 26.8 Å². The Kier molecular flexibility index (Phi) is 6.52. The number of rotatable bonds is 5. The van der Waals surface area contributed by atoms with Crippen molar-refractivity contribution in [2.45, 2.75) is 6.42 Å². The van der Waals surface area contributed by atoms with Crippen molar-refractivity contribution in [2.24, 2.45) is 7.05 Å². The molecule has 0 atom stereocenters. The average Bonchev–Trinajstić information content (AvgIpc) is 3.24. The zero-order chi connectivity index (χ0) is 24.2. The van der Waals surface area contributed by atoms with Crippen LogP contribution in [-0.4, -0.2) is 56.3 Å². The molecule has 0 saturated carbocycles. The van der Waals surface area contributed by atoms with E-state index in [0.29, 0.717) is 17.5 Å². The quantitative estimate of drug-likeness (QED) is 0.364. The number of pyridine rings is 2. The molecule has 3 aromatic heterocycles. The molecule has 9 heteroatoms. The largest absolute Gasteiger partial charge is 0.504 e. The number of nitrogens with zero attached hydrogens (tertiary/aromatic N) is 5. The van der Waals surface area contributed by atoms with Gasteiger partial charge in [-0.25, -0.2) is 14.4 Å². The summed E-state index contributed by atoms with van der Waals surface area (Å²) in [4.78, 5) is 27.0. The average molecular weight is 459 g/mol. The number of methoxy groups -OCH3 is 1. The van der Waals surface area contributed by atoms with Crippen molar-refractivity contribution < 1.29 is 19.0 Å². The minimum Gasteiger partial charge on any atom is -0.504 e. The number of halogens is 1. The van der Waals surface area contributed by atoms with Gasteiger partial charge in [0, 0.05) is 32.8 Å². The first-order valence-electron chi connectivity index (χ1n) is 10.4. The molecule has 0 saturated heterocycles. The van der Waals surface area contributed by atoms with Gasteiger partial charge in [-0.2, -0.15) is 0 Å². The molecule has 0 unspecified atom stereocenters. The number of aromatic nitrogens is 4. The molecule has 0 bridgehead atoms. The Morgan fingerprint density at radius 3 is 2.65 bits per heavy atom. The van der Waals surface area contributed by atoms with E-state index in [-0.39, 0.29) is 35.2 Å². The lowest BCUT2D eigenvalue weighted by Gasteiger charge is -2.17. The van der Waals surface area contributed by atoms with E-state index in [4.69, 9.17) is 4.74 Å². The number of carbonyl (C=O) groups excluding carboxylic acids is 1. The number of aromatic hydroxyl groups is 1. The maximum atomic E-state index is 13.3. The van der Waals surface area contributed by atoms with Crippen LogP contribution in [0.4, 0.5) is 4.39 Å². The lowest BCUT2D eigenvalue weighted by Crippen LogP contribution is -2.29. The van der Waals surface area contributed by atoms with Crippen molar-refractivity contribution >= 4 is 16.8 Å². The van der Waals surface area contributed by atoms with Crippen molar-refractivity contribution in [3.8, 4) is 17.6 Å². The van der Waals surface area contributed by atoms with Gasteiger partial charge in [-0.1, -0.05) is 12.1 Å². The number of hydrogen-bond donors (Lipinski definition) is 1. The molecule has 4 rings (SSSR count). The van der Waals surface area contributed by atoms with Crippen LogP contribution < -0.4 is 0 Å². The van der Waals surface area contributed by atoms with E-state index >= 15 is 0 Å². The molecule has 0 aliphatic carbocycles. The van der Waals surface area contributed by atoms with Gasteiger partial charge in [0.1, 0.15) is 29.5 Å². The minimum atomic E-state index is -0.526. The fourth-order valence-electron chi connectivity index (χ4n) is 3.43. The summed E-state index contributed by atoms with van der Waals surface area (Å²) < 4.78 is 20.0. The van der Waals surface area contributed by atoms with Crippen LogP contribution in [0.1, 0.15) is 33.0 Å². The smallest absolute Gasteiger partial charge is 0.278 e. The Balaban J connectivity index is 1.84. The molecule has 1 aromatic carbocycles. The lowest BCUT2D eigenvalue weighted by molar-refractivity contribution is 0.0499. The highest BCUT2D eigenvalue weighted by Gasteiger charge is 2.22. The Bertz CT molecular complexity index is 1420. The van der Waals surface area contributed by atoms with E-state index in [1.54, 1.807) is 35.4 Å². The zero-order valence-electron chi connectivity index (χ0n) is 18.9. The molecule has 0 aliphatic rings. The fraction of sp³-hybridized carbons (Fsp3) is 0.200. The van der Waals surface area contributed by atoms with Gasteiger partial charge in [0.2, 0.25) is 0 Å². The summed E-state index contributed by atoms with van der Waals surface area (Å²) >= 11 is 0. The van der Waals surface area contributed by atoms with Gasteiger partial charge in [-0.05, 0) is 47.6 Å². The van der Waals surface area contributed by atoms with Gasteiger partial charge < -0.3 is 19.3 Å². The Labute approximate surface area is 195 Å². The second-order valence-electron chi connectivity index (χ2n) is 7.76. The van der Waals surface area contributed by atoms with Crippen LogP contribution in [0.3, 0.4) is 0 Å². The molecule has 1 N–H and O–H groups in total. The van der Waals surface area contributed by atoms with E-state index in [0.717, 1.165) is 11.1 Å². The van der Waals surface area contributed by atoms with Crippen LogP contribution in [0.25, 0.3) is 10.9 Å². The predicted molar refractivity (Wildman–Crippen MR) is 124 cm³/mol. The summed E-state index contributed by atoms with van der Waals surface area (Å²) in [7, 11) is 4.82. The highest BCUT2D eigenvalue weighted by Crippen LogP contribution is 2.29. The van der Waals surface area contributed by atoms with Gasteiger partial charge in [0.15, 0.2) is 11.4 Å². The summed E-state index contributed by atoms with van der Waals surface area (Å²) in [6.07, 6.45) is 5.35. The molecule has 0 radical (unpaired) electrons. The van der Waals surface area contributed by atoms with Crippen LogP contribution in [0.15, 0.2) is 49.1 Å². The van der Waals surface area contributed by atoms with E-state index in [1.807, 2.05) is 13.1 Å². The van der Waals surface area contributed by atoms with Gasteiger partial charge >= 0.3 is 0 Å². The minimum absolute atomic E-state index is 0.0259. The molecule has 0 aliphatic heterocycles. The number of fused-ring (bicyclic) bond motifs is 1. The zero-order valence-corrected chi connectivity index (χ0v) is 18.9. The van der Waals surface area contributed by atoms with Crippen molar-refractivity contribution in [1.29, 1.82) is 0 Å². The summed E-state index contributed by atoms with van der Waals surface area (Å²) in [5.74, 6) is 4.84. The van der Waals surface area contributed by atoms with E-state index in [9.17, 15) is 14.3 Å². The number of ether oxygens (including phenoxy) is 1. The highest BCUT2D eigenvalue weighted by molar-refractivity contribution is 6.01. The lowest BCUT2D eigenvalue weighted by atomic mass is 10.0. The normalized spacial score (nSPS) is 10.7. The van der Waals surface area contributed by atoms with Gasteiger partial charge in [-0.3, -0.25) is 9.78 Å².